The Morgan fingerprint density at radius 2 is 2.06 bits per heavy atom. The van der Waals surface area contributed by atoms with Crippen molar-refractivity contribution in [3.63, 3.8) is 0 Å². The molecule has 0 aliphatic carbocycles. The molecule has 1 fully saturated rings. The molecular weight excluding hydrogens is 230 g/mol. The summed E-state index contributed by atoms with van der Waals surface area (Å²) < 4.78 is 10.6. The molecule has 0 bridgehead atoms. The smallest absolute Gasteiger partial charge is 0.259 e. The van der Waals surface area contributed by atoms with Gasteiger partial charge in [0.2, 0.25) is 0 Å². The summed E-state index contributed by atoms with van der Waals surface area (Å²) in [6.07, 6.45) is 2.92. The number of nitrogens with zero attached hydrogens (tertiary/aromatic N) is 1. The quantitative estimate of drug-likeness (QED) is 0.825. The van der Waals surface area contributed by atoms with E-state index in [2.05, 4.69) is 0 Å². The fraction of sp³-hybridized carbons (Fsp3) is 0.500. The van der Waals surface area contributed by atoms with E-state index in [1.165, 1.54) is 0 Å². The lowest BCUT2D eigenvalue weighted by Crippen LogP contribution is -2.44. The van der Waals surface area contributed by atoms with Gasteiger partial charge in [0.15, 0.2) is 0 Å². The largest absolute Gasteiger partial charge is 0.496 e. The number of piperidine rings is 1. The second-order valence-corrected chi connectivity index (χ2v) is 4.38. The van der Waals surface area contributed by atoms with E-state index >= 15 is 0 Å². The first kappa shape index (κ1) is 12.9. The van der Waals surface area contributed by atoms with Crippen LogP contribution in [-0.2, 0) is 4.74 Å². The Morgan fingerprint density at radius 1 is 1.28 bits per heavy atom. The summed E-state index contributed by atoms with van der Waals surface area (Å²) in [6, 6.07) is 7.31. The monoisotopic (exact) mass is 249 g/mol. The van der Waals surface area contributed by atoms with E-state index in [9.17, 15) is 4.79 Å². The summed E-state index contributed by atoms with van der Waals surface area (Å²) >= 11 is 0. The highest BCUT2D eigenvalue weighted by Crippen LogP contribution is 2.24. The Balaban J connectivity index is 2.24. The normalized spacial score (nSPS) is 19.7. The molecule has 18 heavy (non-hydrogen) atoms. The standard InChI is InChI=1S/C14H19NO3/c1-17-12-8-4-3-7-11(12)14(16)15-10-6-5-9-13(15)18-2/h3-4,7-8,13H,5-6,9-10H2,1-2H3. The zero-order valence-corrected chi connectivity index (χ0v) is 10.9. The third-order valence-corrected chi connectivity index (χ3v) is 3.32. The Bertz CT molecular complexity index is 419. The highest BCUT2D eigenvalue weighted by Gasteiger charge is 2.28. The molecule has 0 radical (unpaired) electrons. The van der Waals surface area contributed by atoms with Gasteiger partial charge in [-0.05, 0) is 31.4 Å². The minimum atomic E-state index is -0.115. The van der Waals surface area contributed by atoms with Crippen molar-refractivity contribution in [1.82, 2.24) is 4.90 Å². The van der Waals surface area contributed by atoms with Crippen LogP contribution in [0.1, 0.15) is 29.6 Å². The molecule has 0 spiro atoms. The van der Waals surface area contributed by atoms with Crippen molar-refractivity contribution in [3.8, 4) is 5.75 Å². The van der Waals surface area contributed by atoms with Crippen LogP contribution in [0.5, 0.6) is 5.75 Å². The first-order chi connectivity index (χ1) is 8.77. The van der Waals surface area contributed by atoms with Crippen LogP contribution in [0.15, 0.2) is 24.3 Å². The number of rotatable bonds is 3. The van der Waals surface area contributed by atoms with Gasteiger partial charge in [-0.3, -0.25) is 4.79 Å². The minimum absolute atomic E-state index is 0.0148. The van der Waals surface area contributed by atoms with Crippen molar-refractivity contribution >= 4 is 5.91 Å². The zero-order valence-electron chi connectivity index (χ0n) is 10.9. The van der Waals surface area contributed by atoms with Crippen molar-refractivity contribution in [2.24, 2.45) is 0 Å². The molecule has 1 aromatic carbocycles. The average Bonchev–Trinajstić information content (AvgIpc) is 2.46. The fourth-order valence-corrected chi connectivity index (χ4v) is 2.35. The van der Waals surface area contributed by atoms with Gasteiger partial charge in [-0.1, -0.05) is 12.1 Å². The first-order valence-electron chi connectivity index (χ1n) is 6.24. The first-order valence-corrected chi connectivity index (χ1v) is 6.24. The lowest BCUT2D eigenvalue weighted by Gasteiger charge is -2.34. The number of methoxy groups -OCH3 is 2. The predicted octanol–water partition coefficient (Wildman–Crippen LogP) is 2.29. The van der Waals surface area contributed by atoms with Crippen LogP contribution in [0.4, 0.5) is 0 Å². The summed E-state index contributed by atoms with van der Waals surface area (Å²) in [4.78, 5) is 14.3. The summed E-state index contributed by atoms with van der Waals surface area (Å²) in [7, 11) is 3.23. The number of benzene rings is 1. The van der Waals surface area contributed by atoms with Gasteiger partial charge < -0.3 is 14.4 Å². The van der Waals surface area contributed by atoms with Crippen LogP contribution in [0, 0.1) is 0 Å². The van der Waals surface area contributed by atoms with Crippen molar-refractivity contribution < 1.29 is 14.3 Å². The van der Waals surface area contributed by atoms with Crippen LogP contribution < -0.4 is 4.74 Å². The molecule has 1 atom stereocenters. The number of amides is 1. The third kappa shape index (κ3) is 2.48. The summed E-state index contributed by atoms with van der Waals surface area (Å²) in [6.45, 7) is 0.745. The van der Waals surface area contributed by atoms with E-state index in [0.29, 0.717) is 11.3 Å². The van der Waals surface area contributed by atoms with Crippen LogP contribution in [-0.4, -0.2) is 37.8 Å². The Labute approximate surface area is 107 Å². The van der Waals surface area contributed by atoms with Crippen LogP contribution >= 0.6 is 0 Å². The molecule has 1 aromatic rings. The lowest BCUT2D eigenvalue weighted by atomic mass is 10.1. The number of carbonyl (C=O) groups excluding carboxylic acids is 1. The number of likely N-dealkylation sites (tertiary alicyclic amines) is 1. The molecule has 4 heteroatoms. The van der Waals surface area contributed by atoms with Crippen LogP contribution in [0.3, 0.4) is 0 Å². The maximum Gasteiger partial charge on any atom is 0.259 e. The molecule has 1 saturated heterocycles. The molecule has 1 amide bonds. The average molecular weight is 249 g/mol. The lowest BCUT2D eigenvalue weighted by molar-refractivity contribution is -0.0398. The summed E-state index contributed by atoms with van der Waals surface area (Å²) in [5.74, 6) is 0.599. The van der Waals surface area contributed by atoms with Crippen molar-refractivity contribution in [2.45, 2.75) is 25.5 Å². The molecule has 1 heterocycles. The molecule has 1 unspecified atom stereocenters. The molecule has 0 aromatic heterocycles. The maximum atomic E-state index is 12.5. The molecule has 2 rings (SSSR count). The van der Waals surface area contributed by atoms with Gasteiger partial charge in [-0.15, -0.1) is 0 Å². The number of hydrogen-bond acceptors (Lipinski definition) is 3. The van der Waals surface area contributed by atoms with Crippen molar-refractivity contribution in [2.75, 3.05) is 20.8 Å². The van der Waals surface area contributed by atoms with Gasteiger partial charge in [0, 0.05) is 13.7 Å². The molecule has 1 aliphatic rings. The minimum Gasteiger partial charge on any atom is -0.496 e. The van der Waals surface area contributed by atoms with Crippen LogP contribution in [0.25, 0.3) is 0 Å². The molecule has 0 N–H and O–H groups in total. The van der Waals surface area contributed by atoms with E-state index in [1.807, 2.05) is 12.1 Å². The van der Waals surface area contributed by atoms with Gasteiger partial charge in [0.25, 0.3) is 5.91 Å². The third-order valence-electron chi connectivity index (χ3n) is 3.32. The topological polar surface area (TPSA) is 38.8 Å². The summed E-state index contributed by atoms with van der Waals surface area (Å²) in [5, 5.41) is 0. The Hall–Kier alpha value is -1.55. The number of para-hydroxylation sites is 1. The Morgan fingerprint density at radius 3 is 2.78 bits per heavy atom. The van der Waals surface area contributed by atoms with Crippen molar-refractivity contribution in [3.05, 3.63) is 29.8 Å². The molecular formula is C14H19NO3. The van der Waals surface area contributed by atoms with E-state index in [-0.39, 0.29) is 12.1 Å². The Kier molecular flexibility index (Phi) is 4.20. The second-order valence-electron chi connectivity index (χ2n) is 4.38. The number of carbonyl (C=O) groups is 1. The van der Waals surface area contributed by atoms with E-state index < -0.39 is 0 Å². The van der Waals surface area contributed by atoms with E-state index in [1.54, 1.807) is 31.3 Å². The number of hydrogen-bond donors (Lipinski definition) is 0. The zero-order chi connectivity index (χ0) is 13.0. The second kappa shape index (κ2) is 5.87. The SMILES string of the molecule is COc1ccccc1C(=O)N1CCCCC1OC. The highest BCUT2D eigenvalue weighted by atomic mass is 16.5. The molecule has 0 saturated carbocycles. The summed E-state index contributed by atoms with van der Waals surface area (Å²) in [5.41, 5.74) is 0.601. The maximum absolute atomic E-state index is 12.5. The molecule has 1 aliphatic heterocycles. The van der Waals surface area contributed by atoms with Crippen LogP contribution in [0.2, 0.25) is 0 Å². The van der Waals surface area contributed by atoms with Gasteiger partial charge in [0.05, 0.1) is 12.7 Å². The van der Waals surface area contributed by atoms with Crippen molar-refractivity contribution in [1.29, 1.82) is 0 Å². The van der Waals surface area contributed by atoms with E-state index in [0.717, 1.165) is 25.8 Å². The predicted molar refractivity (Wildman–Crippen MR) is 68.7 cm³/mol. The van der Waals surface area contributed by atoms with Gasteiger partial charge in [0.1, 0.15) is 12.0 Å². The fourth-order valence-electron chi connectivity index (χ4n) is 2.35. The highest BCUT2D eigenvalue weighted by molar-refractivity contribution is 5.97. The van der Waals surface area contributed by atoms with Gasteiger partial charge >= 0.3 is 0 Å². The molecule has 98 valence electrons. The molecule has 4 nitrogen and oxygen atoms in total. The number of ether oxygens (including phenoxy) is 2. The van der Waals surface area contributed by atoms with E-state index in [4.69, 9.17) is 9.47 Å². The van der Waals surface area contributed by atoms with Gasteiger partial charge in [-0.2, -0.15) is 0 Å². The van der Waals surface area contributed by atoms with Gasteiger partial charge in [-0.25, -0.2) is 0 Å².